The predicted octanol–water partition coefficient (Wildman–Crippen LogP) is 0.232. The number of nitrogens with zero attached hydrogens (tertiary/aromatic N) is 3. The molecule has 0 radical (unpaired) electrons. The van der Waals surface area contributed by atoms with E-state index in [4.69, 9.17) is 11.6 Å². The third-order valence-corrected chi connectivity index (χ3v) is 2.47. The van der Waals surface area contributed by atoms with Gasteiger partial charge in [-0.2, -0.15) is 0 Å². The molecular weight excluding hydrogens is 154 g/mol. The second-order valence-electron chi connectivity index (χ2n) is 3.27. The second kappa shape index (κ2) is 2.66. The van der Waals surface area contributed by atoms with Crippen LogP contribution in [0.15, 0.2) is 0 Å². The minimum atomic E-state index is 0.303. The lowest BCUT2D eigenvalue weighted by atomic mass is 10.1. The van der Waals surface area contributed by atoms with Crippen LogP contribution in [0.1, 0.15) is 37.4 Å². The van der Waals surface area contributed by atoms with E-state index in [2.05, 4.69) is 10.2 Å². The van der Waals surface area contributed by atoms with Crippen molar-refractivity contribution >= 4 is 5.95 Å². The van der Waals surface area contributed by atoms with Crippen LogP contribution in [0, 0.1) is 0 Å². The lowest BCUT2D eigenvalue weighted by Crippen LogP contribution is -2.17. The normalized spacial score (nSPS) is 18.7. The molecule has 1 aromatic rings. The lowest BCUT2D eigenvalue weighted by Gasteiger charge is -2.06. The summed E-state index contributed by atoms with van der Waals surface area (Å²) in [6.45, 7) is 0. The van der Waals surface area contributed by atoms with E-state index in [1.807, 2.05) is 0 Å². The van der Waals surface area contributed by atoms with Crippen molar-refractivity contribution in [1.29, 1.82) is 0 Å². The van der Waals surface area contributed by atoms with Crippen LogP contribution < -0.4 is 11.6 Å². The molecule has 0 aromatic carbocycles. The molecule has 1 fully saturated rings. The Morgan fingerprint density at radius 2 is 1.92 bits per heavy atom. The van der Waals surface area contributed by atoms with E-state index in [1.165, 1.54) is 17.5 Å². The summed E-state index contributed by atoms with van der Waals surface area (Å²) in [7, 11) is 0. The molecule has 1 aliphatic rings. The summed E-state index contributed by atoms with van der Waals surface area (Å²) < 4.78 is 1.40. The third-order valence-electron chi connectivity index (χ3n) is 2.47. The van der Waals surface area contributed by atoms with E-state index >= 15 is 0 Å². The smallest absolute Gasteiger partial charge is 0.240 e. The molecule has 1 aliphatic carbocycles. The van der Waals surface area contributed by atoms with Crippen molar-refractivity contribution in [1.82, 2.24) is 14.9 Å². The van der Waals surface area contributed by atoms with Crippen molar-refractivity contribution in [3.63, 3.8) is 0 Å². The van der Waals surface area contributed by atoms with Gasteiger partial charge in [0.2, 0.25) is 5.95 Å². The van der Waals surface area contributed by atoms with Crippen molar-refractivity contribution in [2.45, 2.75) is 31.6 Å². The van der Waals surface area contributed by atoms with Crippen LogP contribution in [-0.4, -0.2) is 14.9 Å². The lowest BCUT2D eigenvalue weighted by molar-refractivity contribution is 0.643. The summed E-state index contributed by atoms with van der Waals surface area (Å²) in [5, 5.41) is 7.69. The highest BCUT2D eigenvalue weighted by atomic mass is 15.4. The standard InChI is InChI=1S/C7H13N5/c8-7-11-10-6(12(7)9)5-3-1-2-4-5/h5H,1-4,9H2,(H2,8,11). The molecule has 2 rings (SSSR count). The molecule has 0 bridgehead atoms. The van der Waals surface area contributed by atoms with Crippen LogP contribution in [0.3, 0.4) is 0 Å². The fourth-order valence-corrected chi connectivity index (χ4v) is 1.78. The molecule has 0 amide bonds. The number of hydrogen-bond donors (Lipinski definition) is 2. The summed E-state index contributed by atoms with van der Waals surface area (Å²) in [5.41, 5.74) is 5.47. The van der Waals surface area contributed by atoms with Gasteiger partial charge in [-0.25, -0.2) is 4.68 Å². The van der Waals surface area contributed by atoms with Gasteiger partial charge in [0.15, 0.2) is 5.82 Å². The quantitative estimate of drug-likeness (QED) is 0.586. The van der Waals surface area contributed by atoms with Crippen molar-refractivity contribution < 1.29 is 0 Å². The Bertz CT molecular complexity index is 273. The monoisotopic (exact) mass is 167 g/mol. The van der Waals surface area contributed by atoms with Crippen molar-refractivity contribution in [2.24, 2.45) is 0 Å². The first-order chi connectivity index (χ1) is 5.79. The molecule has 5 heteroatoms. The minimum absolute atomic E-state index is 0.303. The molecule has 1 heterocycles. The Balaban J connectivity index is 2.26. The van der Waals surface area contributed by atoms with Gasteiger partial charge in [-0.3, -0.25) is 0 Å². The molecule has 0 saturated heterocycles. The number of aromatic nitrogens is 3. The van der Waals surface area contributed by atoms with Gasteiger partial charge in [0.05, 0.1) is 0 Å². The molecule has 0 spiro atoms. The van der Waals surface area contributed by atoms with Crippen molar-refractivity contribution in [2.75, 3.05) is 11.6 Å². The third kappa shape index (κ3) is 1.01. The average molecular weight is 167 g/mol. The highest BCUT2D eigenvalue weighted by Crippen LogP contribution is 2.32. The largest absolute Gasteiger partial charge is 0.366 e. The van der Waals surface area contributed by atoms with Crippen molar-refractivity contribution in [3.05, 3.63) is 5.82 Å². The minimum Gasteiger partial charge on any atom is -0.366 e. The molecule has 0 unspecified atom stereocenters. The van der Waals surface area contributed by atoms with E-state index in [-0.39, 0.29) is 0 Å². The summed E-state index contributed by atoms with van der Waals surface area (Å²) >= 11 is 0. The first-order valence-corrected chi connectivity index (χ1v) is 4.25. The van der Waals surface area contributed by atoms with Gasteiger partial charge in [-0.1, -0.05) is 12.8 Å². The van der Waals surface area contributed by atoms with Crippen LogP contribution >= 0.6 is 0 Å². The van der Waals surface area contributed by atoms with Gasteiger partial charge in [0, 0.05) is 5.92 Å². The molecule has 0 aliphatic heterocycles. The first-order valence-electron chi connectivity index (χ1n) is 4.25. The zero-order valence-corrected chi connectivity index (χ0v) is 6.90. The number of hydrogen-bond acceptors (Lipinski definition) is 4. The van der Waals surface area contributed by atoms with Crippen LogP contribution in [-0.2, 0) is 0 Å². The van der Waals surface area contributed by atoms with Gasteiger partial charge in [-0.15, -0.1) is 10.2 Å². The van der Waals surface area contributed by atoms with E-state index in [1.54, 1.807) is 0 Å². The zero-order chi connectivity index (χ0) is 8.55. The highest BCUT2D eigenvalue weighted by molar-refractivity contribution is 5.19. The highest BCUT2D eigenvalue weighted by Gasteiger charge is 2.22. The van der Waals surface area contributed by atoms with Gasteiger partial charge < -0.3 is 11.6 Å². The maximum Gasteiger partial charge on any atom is 0.240 e. The Morgan fingerprint density at radius 3 is 2.42 bits per heavy atom. The maximum absolute atomic E-state index is 5.65. The number of nitrogens with two attached hydrogens (primary N) is 2. The van der Waals surface area contributed by atoms with E-state index < -0.39 is 0 Å². The summed E-state index contributed by atoms with van der Waals surface area (Å²) in [5.74, 6) is 7.26. The zero-order valence-electron chi connectivity index (χ0n) is 6.90. The molecule has 12 heavy (non-hydrogen) atoms. The molecular formula is C7H13N5. The number of rotatable bonds is 1. The number of nitrogen functional groups attached to an aromatic ring is 2. The van der Waals surface area contributed by atoms with Crippen LogP contribution in [0.25, 0.3) is 0 Å². The molecule has 5 nitrogen and oxygen atoms in total. The summed E-state index contributed by atoms with van der Waals surface area (Å²) in [4.78, 5) is 0. The van der Waals surface area contributed by atoms with Gasteiger partial charge in [-0.05, 0) is 12.8 Å². The summed E-state index contributed by atoms with van der Waals surface area (Å²) in [6, 6.07) is 0. The van der Waals surface area contributed by atoms with Crippen molar-refractivity contribution in [3.8, 4) is 0 Å². The topological polar surface area (TPSA) is 82.8 Å². The molecule has 66 valence electrons. The molecule has 0 atom stereocenters. The Morgan fingerprint density at radius 1 is 1.25 bits per heavy atom. The molecule has 4 N–H and O–H groups in total. The van der Waals surface area contributed by atoms with Crippen LogP contribution in [0.5, 0.6) is 0 Å². The molecule has 1 aromatic heterocycles. The number of anilines is 1. The van der Waals surface area contributed by atoms with Gasteiger partial charge in [0.1, 0.15) is 0 Å². The van der Waals surface area contributed by atoms with E-state index in [0.29, 0.717) is 11.9 Å². The van der Waals surface area contributed by atoms with E-state index in [0.717, 1.165) is 18.7 Å². The Kier molecular flexibility index (Phi) is 1.64. The average Bonchev–Trinajstić information content (AvgIpc) is 2.64. The summed E-state index contributed by atoms with van der Waals surface area (Å²) in [6.07, 6.45) is 4.85. The molecule has 1 saturated carbocycles. The van der Waals surface area contributed by atoms with Gasteiger partial charge >= 0.3 is 0 Å². The maximum atomic E-state index is 5.65. The SMILES string of the molecule is Nc1nnc(C2CCCC2)n1N. The van der Waals surface area contributed by atoms with Crippen LogP contribution in [0.2, 0.25) is 0 Å². The first kappa shape index (κ1) is 7.39. The van der Waals surface area contributed by atoms with Gasteiger partial charge in [0.25, 0.3) is 0 Å². The Hall–Kier alpha value is -1.26. The van der Waals surface area contributed by atoms with Crippen LogP contribution in [0.4, 0.5) is 5.95 Å². The second-order valence-corrected chi connectivity index (χ2v) is 3.27. The fraction of sp³-hybridized carbons (Fsp3) is 0.714. The van der Waals surface area contributed by atoms with E-state index in [9.17, 15) is 0 Å². The fourth-order valence-electron chi connectivity index (χ4n) is 1.78. The predicted molar refractivity (Wildman–Crippen MR) is 45.8 cm³/mol. The Labute approximate surface area is 70.7 Å².